The van der Waals surface area contributed by atoms with Gasteiger partial charge in [-0.1, -0.05) is 17.7 Å². The zero-order chi connectivity index (χ0) is 12.5. The Bertz CT molecular complexity index is 689. The molecule has 2 aromatic carbocycles. The first-order valence-corrected chi connectivity index (χ1v) is 5.94. The number of nitrogens with zero attached hydrogens (tertiary/aromatic N) is 1. The van der Waals surface area contributed by atoms with E-state index in [4.69, 9.17) is 16.3 Å². The number of rotatable bonds is 2. The molecule has 0 unspecified atom stereocenters. The van der Waals surface area contributed by atoms with Crippen LogP contribution in [0.2, 0.25) is 5.02 Å². The Hall–Kier alpha value is -2.00. The van der Waals surface area contributed by atoms with Gasteiger partial charge in [-0.3, -0.25) is 0 Å². The lowest BCUT2D eigenvalue weighted by Gasteiger charge is -2.00. The van der Waals surface area contributed by atoms with Gasteiger partial charge in [-0.05, 0) is 36.4 Å². The monoisotopic (exact) mass is 258 g/mol. The summed E-state index contributed by atoms with van der Waals surface area (Å²) in [6, 6.07) is 13.4. The van der Waals surface area contributed by atoms with Crippen molar-refractivity contribution >= 4 is 22.6 Å². The van der Waals surface area contributed by atoms with Crippen molar-refractivity contribution < 1.29 is 4.74 Å². The molecule has 3 aromatic rings. The van der Waals surface area contributed by atoms with E-state index in [2.05, 4.69) is 9.97 Å². The van der Waals surface area contributed by atoms with Gasteiger partial charge in [0.05, 0.1) is 17.6 Å². The van der Waals surface area contributed by atoms with Gasteiger partial charge in [0.25, 0.3) is 0 Å². The van der Waals surface area contributed by atoms with Crippen molar-refractivity contribution in [1.29, 1.82) is 0 Å². The number of benzene rings is 2. The molecule has 18 heavy (non-hydrogen) atoms. The van der Waals surface area contributed by atoms with Crippen LogP contribution in [0.15, 0.2) is 42.5 Å². The van der Waals surface area contributed by atoms with Gasteiger partial charge in [-0.25, -0.2) is 4.98 Å². The summed E-state index contributed by atoms with van der Waals surface area (Å²) in [5, 5.41) is 0.656. The number of hydrogen-bond acceptors (Lipinski definition) is 2. The van der Waals surface area contributed by atoms with E-state index in [1.807, 2.05) is 42.5 Å². The third kappa shape index (κ3) is 1.83. The fraction of sp³-hybridized carbons (Fsp3) is 0.0714. The first kappa shape index (κ1) is 11.1. The molecule has 1 heterocycles. The highest BCUT2D eigenvalue weighted by molar-refractivity contribution is 6.34. The largest absolute Gasteiger partial charge is 0.497 e. The van der Waals surface area contributed by atoms with Crippen molar-refractivity contribution in [1.82, 2.24) is 9.97 Å². The van der Waals surface area contributed by atoms with Gasteiger partial charge in [0.15, 0.2) is 0 Å². The second-order valence-corrected chi connectivity index (χ2v) is 4.36. The third-order valence-electron chi connectivity index (χ3n) is 2.83. The Morgan fingerprint density at radius 3 is 2.56 bits per heavy atom. The summed E-state index contributed by atoms with van der Waals surface area (Å²) in [7, 11) is 1.65. The van der Waals surface area contributed by atoms with Crippen molar-refractivity contribution in [3.63, 3.8) is 0 Å². The molecule has 0 aliphatic rings. The van der Waals surface area contributed by atoms with Gasteiger partial charge < -0.3 is 9.72 Å². The van der Waals surface area contributed by atoms with Gasteiger partial charge in [0.1, 0.15) is 17.1 Å². The molecule has 3 nitrogen and oxygen atoms in total. The van der Waals surface area contributed by atoms with Crippen molar-refractivity contribution in [2.75, 3.05) is 7.11 Å². The number of aromatic amines is 1. The van der Waals surface area contributed by atoms with E-state index in [0.29, 0.717) is 5.02 Å². The molecule has 0 saturated carbocycles. The number of halogens is 1. The van der Waals surface area contributed by atoms with Crippen LogP contribution in [-0.4, -0.2) is 17.1 Å². The van der Waals surface area contributed by atoms with Crippen molar-refractivity contribution in [2.45, 2.75) is 0 Å². The average Bonchev–Trinajstić information content (AvgIpc) is 2.84. The molecular formula is C14H11ClN2O. The zero-order valence-corrected chi connectivity index (χ0v) is 10.5. The normalized spacial score (nSPS) is 10.8. The number of imidazole rings is 1. The van der Waals surface area contributed by atoms with Crippen LogP contribution in [0.4, 0.5) is 0 Å². The quantitative estimate of drug-likeness (QED) is 0.757. The predicted molar refractivity (Wildman–Crippen MR) is 73.1 cm³/mol. The van der Waals surface area contributed by atoms with Crippen LogP contribution in [0.25, 0.3) is 22.4 Å². The highest BCUT2D eigenvalue weighted by atomic mass is 35.5. The van der Waals surface area contributed by atoms with Crippen molar-refractivity contribution in [3.8, 4) is 17.1 Å². The van der Waals surface area contributed by atoms with Crippen LogP contribution in [0, 0.1) is 0 Å². The van der Waals surface area contributed by atoms with Crippen LogP contribution in [0.5, 0.6) is 5.75 Å². The Balaban J connectivity index is 2.10. The topological polar surface area (TPSA) is 37.9 Å². The molecule has 3 rings (SSSR count). The molecule has 0 fully saturated rings. The number of ether oxygens (including phenoxy) is 1. The smallest absolute Gasteiger partial charge is 0.138 e. The molecule has 90 valence electrons. The second kappa shape index (κ2) is 4.35. The molecule has 0 saturated heterocycles. The Kier molecular flexibility index (Phi) is 2.68. The minimum atomic E-state index is 0.656. The second-order valence-electron chi connectivity index (χ2n) is 3.95. The van der Waals surface area contributed by atoms with E-state index in [1.165, 1.54) is 0 Å². The highest BCUT2D eigenvalue weighted by Crippen LogP contribution is 2.26. The molecule has 1 aromatic heterocycles. The van der Waals surface area contributed by atoms with E-state index in [0.717, 1.165) is 28.2 Å². The summed E-state index contributed by atoms with van der Waals surface area (Å²) >= 11 is 6.10. The standard InChI is InChI=1S/C14H11ClN2O/c1-18-10-7-5-9(6-8-10)14-16-12-4-2-3-11(15)13(12)17-14/h2-8H,1H3,(H,16,17). The van der Waals surface area contributed by atoms with Crippen LogP contribution in [0.1, 0.15) is 0 Å². The zero-order valence-electron chi connectivity index (χ0n) is 9.77. The molecular weight excluding hydrogens is 248 g/mol. The maximum absolute atomic E-state index is 6.10. The summed E-state index contributed by atoms with van der Waals surface area (Å²) in [5.74, 6) is 1.63. The number of para-hydroxylation sites is 1. The van der Waals surface area contributed by atoms with Crippen LogP contribution >= 0.6 is 11.6 Å². The SMILES string of the molecule is COc1ccc(-c2nc3c(Cl)cccc3[nH]2)cc1. The number of methoxy groups -OCH3 is 1. The number of hydrogen-bond donors (Lipinski definition) is 1. The van der Waals surface area contributed by atoms with Crippen molar-refractivity contribution in [3.05, 3.63) is 47.5 Å². The lowest BCUT2D eigenvalue weighted by molar-refractivity contribution is 0.415. The van der Waals surface area contributed by atoms with E-state index in [1.54, 1.807) is 7.11 Å². The molecule has 1 N–H and O–H groups in total. The van der Waals surface area contributed by atoms with E-state index < -0.39 is 0 Å². The number of aromatic nitrogens is 2. The fourth-order valence-electron chi connectivity index (χ4n) is 1.88. The Morgan fingerprint density at radius 2 is 1.89 bits per heavy atom. The first-order chi connectivity index (χ1) is 8.78. The average molecular weight is 259 g/mol. The number of H-pyrrole nitrogens is 1. The molecule has 0 aliphatic heterocycles. The highest BCUT2D eigenvalue weighted by Gasteiger charge is 2.07. The van der Waals surface area contributed by atoms with Crippen LogP contribution in [0.3, 0.4) is 0 Å². The van der Waals surface area contributed by atoms with E-state index in [-0.39, 0.29) is 0 Å². The fourth-order valence-corrected chi connectivity index (χ4v) is 2.10. The summed E-state index contributed by atoms with van der Waals surface area (Å²) < 4.78 is 5.13. The van der Waals surface area contributed by atoms with Gasteiger partial charge in [-0.15, -0.1) is 0 Å². The molecule has 0 bridgehead atoms. The molecule has 0 spiro atoms. The van der Waals surface area contributed by atoms with Gasteiger partial charge in [0.2, 0.25) is 0 Å². The number of nitrogens with one attached hydrogen (secondary N) is 1. The Labute approximate surface area is 109 Å². The molecule has 0 atom stereocenters. The maximum atomic E-state index is 6.10. The summed E-state index contributed by atoms with van der Waals surface area (Å²) in [6.07, 6.45) is 0. The molecule has 0 aliphatic carbocycles. The number of fused-ring (bicyclic) bond motifs is 1. The van der Waals surface area contributed by atoms with Gasteiger partial charge in [0, 0.05) is 5.56 Å². The lowest BCUT2D eigenvalue weighted by Crippen LogP contribution is -1.83. The third-order valence-corrected chi connectivity index (χ3v) is 3.13. The molecule has 0 radical (unpaired) electrons. The van der Waals surface area contributed by atoms with E-state index >= 15 is 0 Å². The van der Waals surface area contributed by atoms with E-state index in [9.17, 15) is 0 Å². The van der Waals surface area contributed by atoms with Crippen LogP contribution < -0.4 is 4.74 Å². The molecule has 4 heteroatoms. The van der Waals surface area contributed by atoms with Gasteiger partial charge in [-0.2, -0.15) is 0 Å². The van der Waals surface area contributed by atoms with Crippen molar-refractivity contribution in [2.24, 2.45) is 0 Å². The first-order valence-electron chi connectivity index (χ1n) is 5.56. The molecule has 0 amide bonds. The Morgan fingerprint density at radius 1 is 1.11 bits per heavy atom. The minimum absolute atomic E-state index is 0.656. The summed E-state index contributed by atoms with van der Waals surface area (Å²) in [5.41, 5.74) is 2.74. The summed E-state index contributed by atoms with van der Waals surface area (Å²) in [4.78, 5) is 7.76. The summed E-state index contributed by atoms with van der Waals surface area (Å²) in [6.45, 7) is 0. The van der Waals surface area contributed by atoms with Crippen LogP contribution in [-0.2, 0) is 0 Å². The minimum Gasteiger partial charge on any atom is -0.497 e. The lowest BCUT2D eigenvalue weighted by atomic mass is 10.2. The predicted octanol–water partition coefficient (Wildman–Crippen LogP) is 3.89. The maximum Gasteiger partial charge on any atom is 0.138 e. The van der Waals surface area contributed by atoms with Gasteiger partial charge >= 0.3 is 0 Å².